The van der Waals surface area contributed by atoms with E-state index in [2.05, 4.69) is 32.3 Å². The van der Waals surface area contributed by atoms with Crippen LogP contribution < -0.4 is 5.32 Å². The van der Waals surface area contributed by atoms with Crippen LogP contribution in [0.15, 0.2) is 0 Å². The Kier molecular flexibility index (Phi) is 6.17. The average Bonchev–Trinajstić information content (AvgIpc) is 3.25. The second-order valence-electron chi connectivity index (χ2n) is 6.52. The van der Waals surface area contributed by atoms with Crippen LogP contribution in [0.3, 0.4) is 0 Å². The van der Waals surface area contributed by atoms with E-state index in [1.54, 1.807) is 0 Å². The number of aromatic nitrogens is 3. The van der Waals surface area contributed by atoms with Crippen LogP contribution in [-0.4, -0.2) is 72.0 Å². The predicted octanol–water partition coefficient (Wildman–Crippen LogP) is 0.283. The summed E-state index contributed by atoms with van der Waals surface area (Å²) in [6.07, 6.45) is 2.77. The van der Waals surface area contributed by atoms with Crippen molar-refractivity contribution >= 4 is 5.91 Å². The molecule has 2 aliphatic heterocycles. The summed E-state index contributed by atoms with van der Waals surface area (Å²) in [5.74, 6) is 2.09. The number of carbonyl (C=O) groups is 1. The fraction of sp³-hybridized carbons (Fsp3) is 0.812. The van der Waals surface area contributed by atoms with Gasteiger partial charge in [0.1, 0.15) is 11.9 Å². The van der Waals surface area contributed by atoms with Crippen LogP contribution in [0.4, 0.5) is 0 Å². The number of nitrogens with zero attached hydrogens (tertiary/aromatic N) is 3. The first-order valence-corrected chi connectivity index (χ1v) is 8.84. The number of aromatic amines is 1. The van der Waals surface area contributed by atoms with Gasteiger partial charge in [0, 0.05) is 38.6 Å². The molecule has 2 aliphatic rings. The maximum Gasteiger partial charge on any atom is 0.234 e. The lowest BCUT2D eigenvalue weighted by atomic mass is 10.1. The Morgan fingerprint density at radius 1 is 1.46 bits per heavy atom. The van der Waals surface area contributed by atoms with Crippen LogP contribution in [0.25, 0.3) is 0 Å². The summed E-state index contributed by atoms with van der Waals surface area (Å²) in [5.41, 5.74) is 0. The summed E-state index contributed by atoms with van der Waals surface area (Å²) < 4.78 is 11.1. The van der Waals surface area contributed by atoms with Gasteiger partial charge in [-0.25, -0.2) is 4.98 Å². The number of ether oxygens (including phenoxy) is 2. The Balaban J connectivity index is 1.44. The minimum Gasteiger partial charge on any atom is -0.381 e. The third-order valence-corrected chi connectivity index (χ3v) is 4.45. The first-order chi connectivity index (χ1) is 11.7. The summed E-state index contributed by atoms with van der Waals surface area (Å²) in [5, 5.41) is 10.2. The van der Waals surface area contributed by atoms with E-state index < -0.39 is 0 Å². The van der Waals surface area contributed by atoms with Gasteiger partial charge in [-0.1, -0.05) is 6.92 Å². The molecule has 0 aromatic carbocycles. The Morgan fingerprint density at radius 3 is 3.17 bits per heavy atom. The van der Waals surface area contributed by atoms with Gasteiger partial charge in [0.25, 0.3) is 0 Å². The van der Waals surface area contributed by atoms with E-state index in [-0.39, 0.29) is 12.0 Å². The molecule has 3 rings (SSSR count). The number of amides is 1. The van der Waals surface area contributed by atoms with Gasteiger partial charge in [0.05, 0.1) is 19.8 Å². The fourth-order valence-electron chi connectivity index (χ4n) is 3.07. The van der Waals surface area contributed by atoms with Crippen molar-refractivity contribution in [1.82, 2.24) is 25.4 Å². The molecule has 134 valence electrons. The molecule has 0 unspecified atom stereocenters. The maximum atomic E-state index is 12.1. The van der Waals surface area contributed by atoms with Gasteiger partial charge in [-0.15, -0.1) is 0 Å². The van der Waals surface area contributed by atoms with E-state index in [0.29, 0.717) is 38.0 Å². The predicted molar refractivity (Wildman–Crippen MR) is 87.4 cm³/mol. The standard InChI is InChI=1S/C16H27N5O3/c1-2-3-14-18-16(20-19-14)13-9-21(5-7-24-13)10-15(22)17-8-12-4-6-23-11-12/h12-13H,2-11H2,1H3,(H,17,22)(H,18,19,20)/t12-,13+/m1/s1. The molecular formula is C16H27N5O3. The molecule has 1 aromatic rings. The number of H-pyrrole nitrogens is 1. The molecule has 2 saturated heterocycles. The molecule has 1 aromatic heterocycles. The molecule has 2 fully saturated rings. The molecule has 0 saturated carbocycles. The van der Waals surface area contributed by atoms with Crippen molar-refractivity contribution in [1.29, 1.82) is 0 Å². The highest BCUT2D eigenvalue weighted by Gasteiger charge is 2.26. The third-order valence-electron chi connectivity index (χ3n) is 4.45. The van der Waals surface area contributed by atoms with E-state index >= 15 is 0 Å². The van der Waals surface area contributed by atoms with Gasteiger partial charge in [-0.3, -0.25) is 14.8 Å². The Labute approximate surface area is 142 Å². The van der Waals surface area contributed by atoms with Crippen molar-refractivity contribution in [3.8, 4) is 0 Å². The highest BCUT2D eigenvalue weighted by atomic mass is 16.5. The van der Waals surface area contributed by atoms with Crippen molar-refractivity contribution in [2.75, 3.05) is 46.0 Å². The van der Waals surface area contributed by atoms with E-state index in [0.717, 1.165) is 44.8 Å². The quantitative estimate of drug-likeness (QED) is 0.743. The van der Waals surface area contributed by atoms with E-state index in [9.17, 15) is 4.79 Å². The lowest BCUT2D eigenvalue weighted by molar-refractivity contribution is -0.124. The first kappa shape index (κ1) is 17.3. The molecule has 8 heteroatoms. The molecule has 0 spiro atoms. The highest BCUT2D eigenvalue weighted by molar-refractivity contribution is 5.78. The van der Waals surface area contributed by atoms with Crippen molar-refractivity contribution in [2.24, 2.45) is 5.92 Å². The summed E-state index contributed by atoms with van der Waals surface area (Å²) in [6, 6.07) is 0. The second kappa shape index (κ2) is 8.55. The summed E-state index contributed by atoms with van der Waals surface area (Å²) in [7, 11) is 0. The van der Waals surface area contributed by atoms with Gasteiger partial charge < -0.3 is 14.8 Å². The molecule has 0 radical (unpaired) electrons. The molecule has 0 aliphatic carbocycles. The molecule has 8 nitrogen and oxygen atoms in total. The molecule has 0 bridgehead atoms. The lowest BCUT2D eigenvalue weighted by Crippen LogP contribution is -2.45. The van der Waals surface area contributed by atoms with Gasteiger partial charge in [-0.05, 0) is 12.8 Å². The van der Waals surface area contributed by atoms with Gasteiger partial charge >= 0.3 is 0 Å². The van der Waals surface area contributed by atoms with E-state index in [1.807, 2.05) is 0 Å². The minimum absolute atomic E-state index is 0.0595. The smallest absolute Gasteiger partial charge is 0.234 e. The number of rotatable bonds is 7. The van der Waals surface area contributed by atoms with Gasteiger partial charge in [0.15, 0.2) is 5.82 Å². The largest absolute Gasteiger partial charge is 0.381 e. The average molecular weight is 337 g/mol. The Morgan fingerprint density at radius 2 is 2.38 bits per heavy atom. The second-order valence-corrected chi connectivity index (χ2v) is 6.52. The van der Waals surface area contributed by atoms with Crippen LogP contribution in [-0.2, 0) is 20.7 Å². The normalized spacial score (nSPS) is 25.0. The van der Waals surface area contributed by atoms with Crippen LogP contribution in [0.1, 0.15) is 37.5 Å². The monoisotopic (exact) mass is 337 g/mol. The Bertz CT molecular complexity index is 530. The summed E-state index contributed by atoms with van der Waals surface area (Å²) in [6.45, 7) is 6.75. The number of aryl methyl sites for hydroxylation is 1. The zero-order valence-electron chi connectivity index (χ0n) is 14.3. The maximum absolute atomic E-state index is 12.1. The van der Waals surface area contributed by atoms with Crippen LogP contribution in [0.5, 0.6) is 0 Å². The van der Waals surface area contributed by atoms with Crippen molar-refractivity contribution < 1.29 is 14.3 Å². The number of carbonyl (C=O) groups excluding carboxylic acids is 1. The van der Waals surface area contributed by atoms with Crippen LogP contribution in [0, 0.1) is 5.92 Å². The van der Waals surface area contributed by atoms with Crippen molar-refractivity contribution in [3.63, 3.8) is 0 Å². The number of hydrogen-bond acceptors (Lipinski definition) is 6. The molecule has 1 amide bonds. The molecule has 2 atom stereocenters. The van der Waals surface area contributed by atoms with Crippen molar-refractivity contribution in [2.45, 2.75) is 32.3 Å². The lowest BCUT2D eigenvalue weighted by Gasteiger charge is -2.31. The SMILES string of the molecule is CCCc1nc([C@@H]2CN(CC(=O)NC[C@H]3CCOC3)CCO2)n[nH]1. The number of nitrogens with one attached hydrogen (secondary N) is 2. The summed E-state index contributed by atoms with van der Waals surface area (Å²) in [4.78, 5) is 18.7. The van der Waals surface area contributed by atoms with E-state index in [4.69, 9.17) is 9.47 Å². The van der Waals surface area contributed by atoms with Crippen LogP contribution >= 0.6 is 0 Å². The number of morpholine rings is 1. The van der Waals surface area contributed by atoms with Gasteiger partial charge in [0.2, 0.25) is 5.91 Å². The molecular weight excluding hydrogens is 310 g/mol. The van der Waals surface area contributed by atoms with Crippen molar-refractivity contribution in [3.05, 3.63) is 11.6 Å². The zero-order valence-corrected chi connectivity index (χ0v) is 14.3. The third kappa shape index (κ3) is 4.75. The molecule has 24 heavy (non-hydrogen) atoms. The fourth-order valence-corrected chi connectivity index (χ4v) is 3.07. The van der Waals surface area contributed by atoms with Crippen LogP contribution in [0.2, 0.25) is 0 Å². The Hall–Kier alpha value is -1.51. The minimum atomic E-state index is -0.170. The molecule has 3 heterocycles. The topological polar surface area (TPSA) is 92.4 Å². The molecule has 2 N–H and O–H groups in total. The van der Waals surface area contributed by atoms with Gasteiger partial charge in [-0.2, -0.15) is 5.10 Å². The highest BCUT2D eigenvalue weighted by Crippen LogP contribution is 2.19. The number of hydrogen-bond donors (Lipinski definition) is 2. The zero-order chi connectivity index (χ0) is 16.8. The first-order valence-electron chi connectivity index (χ1n) is 8.84. The summed E-state index contributed by atoms with van der Waals surface area (Å²) >= 11 is 0. The van der Waals surface area contributed by atoms with E-state index in [1.165, 1.54) is 0 Å².